The van der Waals surface area contributed by atoms with Crippen molar-refractivity contribution >= 4 is 11.6 Å². The molecule has 0 aromatic heterocycles. The number of carbonyl (C=O) groups excluding carboxylic acids is 1. The molecule has 1 atom stereocenters. The van der Waals surface area contributed by atoms with Crippen molar-refractivity contribution in [1.82, 2.24) is 14.7 Å². The van der Waals surface area contributed by atoms with Crippen molar-refractivity contribution in [1.29, 1.82) is 0 Å². The minimum Gasteiger partial charge on any atom is -0.399 e. The molecule has 2 N–H and O–H groups in total. The Balaban J connectivity index is 1.53. The average molecular weight is 457 g/mol. The first kappa shape index (κ1) is 24.0. The van der Waals surface area contributed by atoms with Crippen LogP contribution in [0, 0.1) is 0 Å². The van der Waals surface area contributed by atoms with Gasteiger partial charge in [0, 0.05) is 57.1 Å². The summed E-state index contributed by atoms with van der Waals surface area (Å²) < 4.78 is 0. The molecule has 34 heavy (non-hydrogen) atoms. The molecule has 1 unspecified atom stereocenters. The maximum absolute atomic E-state index is 12.8. The van der Waals surface area contributed by atoms with Crippen LogP contribution >= 0.6 is 0 Å². The summed E-state index contributed by atoms with van der Waals surface area (Å²) in [4.78, 5) is 19.7. The van der Waals surface area contributed by atoms with Gasteiger partial charge >= 0.3 is 0 Å². The van der Waals surface area contributed by atoms with E-state index in [1.165, 1.54) is 16.7 Å². The number of nitrogens with two attached hydrogens (primary N) is 1. The topological polar surface area (TPSA) is 52.8 Å². The first-order valence-corrected chi connectivity index (χ1v) is 12.3. The van der Waals surface area contributed by atoms with Crippen LogP contribution in [0.4, 0.5) is 5.69 Å². The Morgan fingerprint density at radius 3 is 2.15 bits per heavy atom. The molecule has 1 heterocycles. The summed E-state index contributed by atoms with van der Waals surface area (Å²) in [5, 5.41) is 0. The van der Waals surface area contributed by atoms with Crippen LogP contribution in [0.25, 0.3) is 0 Å². The van der Waals surface area contributed by atoms with Crippen LogP contribution in [0.5, 0.6) is 0 Å². The van der Waals surface area contributed by atoms with Gasteiger partial charge in [0.2, 0.25) is 0 Å². The van der Waals surface area contributed by atoms with Crippen LogP contribution < -0.4 is 5.73 Å². The summed E-state index contributed by atoms with van der Waals surface area (Å²) in [7, 11) is 0. The highest BCUT2D eigenvalue weighted by molar-refractivity contribution is 5.94. The Morgan fingerprint density at radius 1 is 0.853 bits per heavy atom. The van der Waals surface area contributed by atoms with Crippen LogP contribution in [0.15, 0.2) is 78.9 Å². The fraction of sp³-hybridized carbons (Fsp3) is 0.345. The minimum absolute atomic E-state index is 0.0894. The van der Waals surface area contributed by atoms with Gasteiger partial charge in [0.25, 0.3) is 5.91 Å². The predicted octanol–water partition coefficient (Wildman–Crippen LogP) is 4.66. The Kier molecular flexibility index (Phi) is 7.99. The number of hydrogen-bond acceptors (Lipinski definition) is 4. The SMILES string of the molecule is CCN(CC)C(=O)c1ccc(C(c2cccc(N)c2)N2CCN(Cc3ccccc3)CC2)cc1. The van der Waals surface area contributed by atoms with Crippen molar-refractivity contribution in [2.24, 2.45) is 0 Å². The lowest BCUT2D eigenvalue weighted by atomic mass is 9.95. The second kappa shape index (κ2) is 11.3. The van der Waals surface area contributed by atoms with E-state index in [9.17, 15) is 4.79 Å². The van der Waals surface area contributed by atoms with Gasteiger partial charge in [0.05, 0.1) is 6.04 Å². The molecule has 0 spiro atoms. The lowest BCUT2D eigenvalue weighted by Gasteiger charge is -2.40. The summed E-state index contributed by atoms with van der Waals surface area (Å²) in [5.41, 5.74) is 11.4. The number of hydrogen-bond donors (Lipinski definition) is 1. The Morgan fingerprint density at radius 2 is 1.53 bits per heavy atom. The highest BCUT2D eigenvalue weighted by atomic mass is 16.2. The molecule has 0 saturated carbocycles. The van der Waals surface area contributed by atoms with E-state index < -0.39 is 0 Å². The first-order valence-electron chi connectivity index (χ1n) is 12.3. The molecule has 1 aliphatic rings. The molecule has 0 radical (unpaired) electrons. The third-order valence-corrected chi connectivity index (χ3v) is 6.77. The fourth-order valence-electron chi connectivity index (χ4n) is 4.87. The smallest absolute Gasteiger partial charge is 0.253 e. The van der Waals surface area contributed by atoms with Crippen molar-refractivity contribution in [2.45, 2.75) is 26.4 Å². The number of anilines is 1. The average Bonchev–Trinajstić information content (AvgIpc) is 2.87. The van der Waals surface area contributed by atoms with E-state index in [0.717, 1.165) is 57.1 Å². The standard InChI is InChI=1S/C29H36N4O/c1-3-32(4-2)29(34)25-15-13-24(14-16-25)28(26-11-8-12-27(30)21-26)33-19-17-31(18-20-33)22-23-9-6-5-7-10-23/h5-16,21,28H,3-4,17-20,22,30H2,1-2H3. The highest BCUT2D eigenvalue weighted by Crippen LogP contribution is 2.31. The van der Waals surface area contributed by atoms with Gasteiger partial charge in [-0.05, 0) is 54.8 Å². The molecule has 3 aromatic carbocycles. The Hall–Kier alpha value is -3.15. The maximum atomic E-state index is 12.8. The van der Waals surface area contributed by atoms with Gasteiger partial charge in [0.15, 0.2) is 0 Å². The second-order valence-electron chi connectivity index (χ2n) is 8.97. The summed E-state index contributed by atoms with van der Waals surface area (Å²) in [6.45, 7) is 10.5. The molecule has 1 aliphatic heterocycles. The lowest BCUT2D eigenvalue weighted by molar-refractivity contribution is 0.0773. The molecule has 0 aliphatic carbocycles. The molecule has 178 valence electrons. The Labute approximate surface area is 203 Å². The Bertz CT molecular complexity index is 1060. The normalized spacial score (nSPS) is 15.7. The zero-order chi connectivity index (χ0) is 23.9. The zero-order valence-electron chi connectivity index (χ0n) is 20.4. The molecule has 1 saturated heterocycles. The zero-order valence-corrected chi connectivity index (χ0v) is 20.4. The lowest BCUT2D eigenvalue weighted by Crippen LogP contribution is -2.47. The van der Waals surface area contributed by atoms with Crippen LogP contribution in [0.3, 0.4) is 0 Å². The van der Waals surface area contributed by atoms with Crippen LogP contribution in [0.1, 0.15) is 46.9 Å². The number of nitrogen functional groups attached to an aromatic ring is 1. The van der Waals surface area contributed by atoms with Crippen molar-refractivity contribution in [3.8, 4) is 0 Å². The van der Waals surface area contributed by atoms with Crippen molar-refractivity contribution in [3.05, 3.63) is 101 Å². The van der Waals surface area contributed by atoms with Gasteiger partial charge < -0.3 is 10.6 Å². The summed E-state index contributed by atoms with van der Waals surface area (Å²) in [6.07, 6.45) is 0. The molecule has 0 bridgehead atoms. The quantitative estimate of drug-likeness (QED) is 0.501. The van der Waals surface area contributed by atoms with E-state index in [-0.39, 0.29) is 11.9 Å². The largest absolute Gasteiger partial charge is 0.399 e. The van der Waals surface area contributed by atoms with Crippen molar-refractivity contribution in [3.63, 3.8) is 0 Å². The molecule has 4 rings (SSSR count). The van der Waals surface area contributed by atoms with Gasteiger partial charge in [-0.1, -0.05) is 54.6 Å². The van der Waals surface area contributed by atoms with Gasteiger partial charge in [-0.2, -0.15) is 0 Å². The highest BCUT2D eigenvalue weighted by Gasteiger charge is 2.27. The fourth-order valence-corrected chi connectivity index (χ4v) is 4.87. The van der Waals surface area contributed by atoms with E-state index in [1.54, 1.807) is 0 Å². The van der Waals surface area contributed by atoms with E-state index in [0.29, 0.717) is 0 Å². The maximum Gasteiger partial charge on any atom is 0.253 e. The van der Waals surface area contributed by atoms with Crippen LogP contribution in [0.2, 0.25) is 0 Å². The number of amides is 1. The van der Waals surface area contributed by atoms with Crippen LogP contribution in [-0.2, 0) is 6.54 Å². The molecular formula is C29H36N4O. The van der Waals surface area contributed by atoms with Gasteiger partial charge in [-0.25, -0.2) is 0 Å². The van der Waals surface area contributed by atoms with Gasteiger partial charge in [-0.3, -0.25) is 14.6 Å². The molecule has 5 heteroatoms. The van der Waals surface area contributed by atoms with E-state index in [1.807, 2.05) is 43.0 Å². The monoisotopic (exact) mass is 456 g/mol. The molecule has 5 nitrogen and oxygen atoms in total. The van der Waals surface area contributed by atoms with E-state index >= 15 is 0 Å². The number of nitrogens with zero attached hydrogens (tertiary/aromatic N) is 3. The summed E-state index contributed by atoms with van der Waals surface area (Å²) >= 11 is 0. The number of rotatable bonds is 8. The molecular weight excluding hydrogens is 420 g/mol. The summed E-state index contributed by atoms with van der Waals surface area (Å²) in [5.74, 6) is 0.0894. The third-order valence-electron chi connectivity index (χ3n) is 6.77. The summed E-state index contributed by atoms with van der Waals surface area (Å²) in [6, 6.07) is 27.2. The number of benzene rings is 3. The molecule has 1 amide bonds. The predicted molar refractivity (Wildman–Crippen MR) is 140 cm³/mol. The molecule has 1 fully saturated rings. The molecule has 3 aromatic rings. The second-order valence-corrected chi connectivity index (χ2v) is 8.97. The minimum atomic E-state index is 0.0894. The van der Waals surface area contributed by atoms with E-state index in [4.69, 9.17) is 5.73 Å². The number of carbonyl (C=O) groups is 1. The number of piperazine rings is 1. The van der Waals surface area contributed by atoms with Crippen molar-refractivity contribution < 1.29 is 4.79 Å². The van der Waals surface area contributed by atoms with Crippen LogP contribution in [-0.4, -0.2) is 59.9 Å². The third kappa shape index (κ3) is 5.66. The van der Waals surface area contributed by atoms with Gasteiger partial charge in [-0.15, -0.1) is 0 Å². The van der Waals surface area contributed by atoms with Gasteiger partial charge in [0.1, 0.15) is 0 Å². The van der Waals surface area contributed by atoms with Crippen molar-refractivity contribution in [2.75, 3.05) is 45.0 Å². The van der Waals surface area contributed by atoms with E-state index in [2.05, 4.69) is 64.4 Å². The first-order chi connectivity index (χ1) is 16.6.